The first-order valence-corrected chi connectivity index (χ1v) is 7.87. The average molecular weight is 284 g/mol. The van der Waals surface area contributed by atoms with E-state index in [1.807, 2.05) is 13.8 Å². The van der Waals surface area contributed by atoms with Crippen molar-refractivity contribution in [3.05, 3.63) is 52.3 Å². The van der Waals surface area contributed by atoms with Gasteiger partial charge in [-0.2, -0.15) is 5.10 Å². The lowest BCUT2D eigenvalue weighted by atomic mass is 9.83. The van der Waals surface area contributed by atoms with Crippen molar-refractivity contribution in [3.63, 3.8) is 0 Å². The zero-order valence-corrected chi connectivity index (χ0v) is 13.1. The maximum Gasteiger partial charge on any atom is 0.0797 e. The van der Waals surface area contributed by atoms with E-state index >= 15 is 0 Å². The number of nitrogens with zero attached hydrogens (tertiary/aromatic N) is 2. The van der Waals surface area contributed by atoms with Gasteiger partial charge >= 0.3 is 0 Å². The molecule has 0 amide bonds. The predicted octanol–water partition coefficient (Wildman–Crippen LogP) is 3.67. The highest BCUT2D eigenvalue weighted by atomic mass is 16.3. The van der Waals surface area contributed by atoms with Crippen LogP contribution in [-0.4, -0.2) is 14.9 Å². The topological polar surface area (TPSA) is 38.0 Å². The van der Waals surface area contributed by atoms with Crippen molar-refractivity contribution >= 4 is 0 Å². The van der Waals surface area contributed by atoms with Crippen LogP contribution in [0.1, 0.15) is 59.9 Å². The third-order valence-corrected chi connectivity index (χ3v) is 4.74. The minimum Gasteiger partial charge on any atom is -0.389 e. The zero-order chi connectivity index (χ0) is 15.0. The summed E-state index contributed by atoms with van der Waals surface area (Å²) < 4.78 is 2.09. The Morgan fingerprint density at radius 2 is 2.10 bits per heavy atom. The van der Waals surface area contributed by atoms with Crippen LogP contribution in [0.25, 0.3) is 0 Å². The lowest BCUT2D eigenvalue weighted by molar-refractivity contribution is 0.197. The minimum absolute atomic E-state index is 0.447. The molecule has 0 radical (unpaired) electrons. The monoisotopic (exact) mass is 284 g/mol. The fourth-order valence-corrected chi connectivity index (χ4v) is 3.75. The molecule has 1 aromatic carbocycles. The summed E-state index contributed by atoms with van der Waals surface area (Å²) in [7, 11) is 0. The zero-order valence-electron chi connectivity index (χ0n) is 13.1. The number of aromatic nitrogens is 2. The van der Waals surface area contributed by atoms with Gasteiger partial charge in [-0.25, -0.2) is 0 Å². The maximum absolute atomic E-state index is 9.91. The first-order chi connectivity index (χ1) is 10.1. The molecule has 3 heteroatoms. The molecule has 2 aromatic rings. The Bertz CT molecular complexity index is 643. The van der Waals surface area contributed by atoms with Crippen molar-refractivity contribution in [2.45, 2.75) is 58.6 Å². The number of hydrogen-bond donors (Lipinski definition) is 1. The highest BCUT2D eigenvalue weighted by Gasteiger charge is 2.23. The van der Waals surface area contributed by atoms with E-state index in [9.17, 15) is 5.11 Å². The van der Waals surface area contributed by atoms with E-state index in [0.717, 1.165) is 23.5 Å². The molecule has 1 heterocycles. The second-order valence-electron chi connectivity index (χ2n) is 6.23. The van der Waals surface area contributed by atoms with E-state index in [4.69, 9.17) is 0 Å². The Morgan fingerprint density at radius 1 is 1.33 bits per heavy atom. The van der Waals surface area contributed by atoms with Gasteiger partial charge in [0.1, 0.15) is 0 Å². The maximum atomic E-state index is 9.91. The van der Waals surface area contributed by atoms with Gasteiger partial charge in [0.2, 0.25) is 0 Å². The molecule has 1 aromatic heterocycles. The summed E-state index contributed by atoms with van der Waals surface area (Å²) in [5.74, 6) is 0.537. The fourth-order valence-electron chi connectivity index (χ4n) is 3.75. The Kier molecular flexibility index (Phi) is 3.85. The number of hydrogen-bond acceptors (Lipinski definition) is 2. The van der Waals surface area contributed by atoms with E-state index in [1.165, 1.54) is 30.4 Å². The molecule has 1 aliphatic carbocycles. The molecule has 0 aliphatic heterocycles. The quantitative estimate of drug-likeness (QED) is 0.933. The van der Waals surface area contributed by atoms with Crippen LogP contribution < -0.4 is 0 Å². The summed E-state index contributed by atoms with van der Waals surface area (Å²) in [5, 5.41) is 14.6. The first-order valence-electron chi connectivity index (χ1n) is 7.87. The summed E-state index contributed by atoms with van der Waals surface area (Å²) in [5.41, 5.74) is 6.01. The average Bonchev–Trinajstić information content (AvgIpc) is 2.74. The first kappa shape index (κ1) is 14.3. The molecule has 21 heavy (non-hydrogen) atoms. The predicted molar refractivity (Wildman–Crippen MR) is 84.5 cm³/mol. The van der Waals surface area contributed by atoms with Gasteiger partial charge in [-0.05, 0) is 51.2 Å². The van der Waals surface area contributed by atoms with Crippen molar-refractivity contribution in [2.75, 3.05) is 0 Å². The van der Waals surface area contributed by atoms with Gasteiger partial charge in [-0.15, -0.1) is 0 Å². The molecule has 0 saturated carbocycles. The number of benzene rings is 1. The number of fused-ring (bicyclic) bond motifs is 1. The Balaban J connectivity index is 1.90. The van der Waals surface area contributed by atoms with Crippen molar-refractivity contribution in [3.8, 4) is 0 Å². The van der Waals surface area contributed by atoms with Gasteiger partial charge in [0.25, 0.3) is 0 Å². The van der Waals surface area contributed by atoms with Gasteiger partial charge in [0.15, 0.2) is 0 Å². The minimum atomic E-state index is -0.447. The van der Waals surface area contributed by atoms with E-state index in [2.05, 4.69) is 41.0 Å². The van der Waals surface area contributed by atoms with Crippen LogP contribution in [0.15, 0.2) is 24.3 Å². The smallest absolute Gasteiger partial charge is 0.0797 e. The Labute approximate surface area is 126 Å². The van der Waals surface area contributed by atoms with Crippen LogP contribution in [0.2, 0.25) is 0 Å². The van der Waals surface area contributed by atoms with Gasteiger partial charge in [-0.3, -0.25) is 4.68 Å². The molecule has 0 spiro atoms. The number of aryl methyl sites for hydroxylation is 2. The molecule has 112 valence electrons. The summed E-state index contributed by atoms with van der Waals surface area (Å²) in [6.07, 6.45) is 3.23. The van der Waals surface area contributed by atoms with Crippen LogP contribution in [0, 0.1) is 13.8 Å². The van der Waals surface area contributed by atoms with E-state index in [1.54, 1.807) is 0 Å². The van der Waals surface area contributed by atoms with Crippen molar-refractivity contribution in [1.29, 1.82) is 0 Å². The van der Waals surface area contributed by atoms with Gasteiger partial charge < -0.3 is 5.11 Å². The van der Waals surface area contributed by atoms with Crippen molar-refractivity contribution in [1.82, 2.24) is 9.78 Å². The molecule has 2 atom stereocenters. The largest absolute Gasteiger partial charge is 0.389 e. The lowest BCUT2D eigenvalue weighted by Gasteiger charge is -2.26. The number of rotatable bonds is 3. The third kappa shape index (κ3) is 2.62. The Hall–Kier alpha value is -1.61. The number of aliphatic hydroxyl groups excluding tert-OH is 1. The van der Waals surface area contributed by atoms with Crippen LogP contribution in [0.3, 0.4) is 0 Å². The molecule has 1 N–H and O–H groups in total. The van der Waals surface area contributed by atoms with E-state index in [0.29, 0.717) is 5.92 Å². The van der Waals surface area contributed by atoms with Gasteiger partial charge in [-0.1, -0.05) is 24.3 Å². The fraction of sp³-hybridized carbons (Fsp3) is 0.500. The van der Waals surface area contributed by atoms with Gasteiger partial charge in [0, 0.05) is 23.7 Å². The standard InChI is InChI=1S/C18H24N2O/c1-12-18(14(3)21)13(2)20(19-12)11-16-9-6-8-15-7-4-5-10-17(15)16/h4-5,7,10,14,16,21H,6,8-9,11H2,1-3H3. The van der Waals surface area contributed by atoms with E-state index < -0.39 is 6.10 Å². The lowest BCUT2D eigenvalue weighted by Crippen LogP contribution is -2.17. The molecule has 3 rings (SSSR count). The molecule has 2 unspecified atom stereocenters. The SMILES string of the molecule is Cc1nn(CC2CCCc3ccccc32)c(C)c1C(C)O. The second kappa shape index (κ2) is 5.64. The third-order valence-electron chi connectivity index (χ3n) is 4.74. The molecule has 0 fully saturated rings. The Morgan fingerprint density at radius 3 is 2.81 bits per heavy atom. The molecule has 0 bridgehead atoms. The second-order valence-corrected chi connectivity index (χ2v) is 6.23. The van der Waals surface area contributed by atoms with Crippen LogP contribution in [0.4, 0.5) is 0 Å². The molecular weight excluding hydrogens is 260 g/mol. The normalized spacial score (nSPS) is 19.3. The highest BCUT2D eigenvalue weighted by molar-refractivity contribution is 5.33. The summed E-state index contributed by atoms with van der Waals surface area (Å²) in [4.78, 5) is 0. The van der Waals surface area contributed by atoms with Crippen LogP contribution >= 0.6 is 0 Å². The molecule has 0 saturated heterocycles. The summed E-state index contributed by atoms with van der Waals surface area (Å²) in [6, 6.07) is 8.79. The molecule has 1 aliphatic rings. The molecule has 3 nitrogen and oxygen atoms in total. The van der Waals surface area contributed by atoms with Crippen LogP contribution in [-0.2, 0) is 13.0 Å². The van der Waals surface area contributed by atoms with Gasteiger partial charge in [0.05, 0.1) is 11.8 Å². The van der Waals surface area contributed by atoms with Crippen LogP contribution in [0.5, 0.6) is 0 Å². The summed E-state index contributed by atoms with van der Waals surface area (Å²) in [6.45, 7) is 6.78. The van der Waals surface area contributed by atoms with Crippen molar-refractivity contribution in [2.24, 2.45) is 0 Å². The number of aliphatic hydroxyl groups is 1. The summed E-state index contributed by atoms with van der Waals surface area (Å²) >= 11 is 0. The van der Waals surface area contributed by atoms with Crippen molar-refractivity contribution < 1.29 is 5.11 Å². The van der Waals surface area contributed by atoms with E-state index in [-0.39, 0.29) is 0 Å². The molecular formula is C18H24N2O. The highest BCUT2D eigenvalue weighted by Crippen LogP contribution is 2.33.